The van der Waals surface area contributed by atoms with Gasteiger partial charge in [-0.05, 0) is 47.9 Å². The van der Waals surface area contributed by atoms with Crippen LogP contribution in [0, 0.1) is 5.82 Å². The van der Waals surface area contributed by atoms with Crippen LogP contribution in [0.2, 0.25) is 0 Å². The van der Waals surface area contributed by atoms with Gasteiger partial charge in [-0.25, -0.2) is 4.39 Å². The van der Waals surface area contributed by atoms with E-state index in [2.05, 4.69) is 4.90 Å². The highest BCUT2D eigenvalue weighted by atomic mass is 19.1. The SMILES string of the molecule is COc1ccc(C(=O)CN2CCN(C(=O)CC(C)c3ccc(F)cc3)CC2)cc1. The summed E-state index contributed by atoms with van der Waals surface area (Å²) in [7, 11) is 1.60. The van der Waals surface area contributed by atoms with Crippen LogP contribution in [0.25, 0.3) is 0 Å². The normalized spacial score (nSPS) is 15.8. The lowest BCUT2D eigenvalue weighted by atomic mass is 9.97. The zero-order chi connectivity index (χ0) is 20.8. The molecule has 1 amide bonds. The topological polar surface area (TPSA) is 49.9 Å². The maximum atomic E-state index is 13.1. The maximum absolute atomic E-state index is 13.1. The first-order valence-electron chi connectivity index (χ1n) is 9.89. The molecular weight excluding hydrogens is 371 g/mol. The van der Waals surface area contributed by atoms with Gasteiger partial charge in [0, 0.05) is 38.2 Å². The van der Waals surface area contributed by atoms with Crippen molar-refractivity contribution < 1.29 is 18.7 Å². The fourth-order valence-electron chi connectivity index (χ4n) is 3.53. The van der Waals surface area contributed by atoms with Crippen LogP contribution in [0.5, 0.6) is 5.75 Å². The molecule has 0 radical (unpaired) electrons. The number of methoxy groups -OCH3 is 1. The molecule has 154 valence electrons. The van der Waals surface area contributed by atoms with Crippen molar-refractivity contribution >= 4 is 11.7 Å². The summed E-state index contributed by atoms with van der Waals surface area (Å²) in [6, 6.07) is 13.4. The van der Waals surface area contributed by atoms with E-state index in [0.29, 0.717) is 44.7 Å². The lowest BCUT2D eigenvalue weighted by molar-refractivity contribution is -0.133. The van der Waals surface area contributed by atoms with Gasteiger partial charge in [-0.2, -0.15) is 0 Å². The van der Waals surface area contributed by atoms with Gasteiger partial charge in [0.1, 0.15) is 11.6 Å². The molecule has 0 saturated carbocycles. The van der Waals surface area contributed by atoms with Gasteiger partial charge in [0.15, 0.2) is 5.78 Å². The number of carbonyl (C=O) groups excluding carboxylic acids is 2. The minimum Gasteiger partial charge on any atom is -0.497 e. The van der Waals surface area contributed by atoms with Crippen LogP contribution in [-0.2, 0) is 4.79 Å². The zero-order valence-corrected chi connectivity index (χ0v) is 16.9. The molecule has 1 unspecified atom stereocenters. The number of ether oxygens (including phenoxy) is 1. The molecule has 6 heteroatoms. The van der Waals surface area contributed by atoms with Crippen LogP contribution >= 0.6 is 0 Å². The van der Waals surface area contributed by atoms with Crippen molar-refractivity contribution in [3.63, 3.8) is 0 Å². The van der Waals surface area contributed by atoms with Crippen LogP contribution in [0.4, 0.5) is 4.39 Å². The highest BCUT2D eigenvalue weighted by molar-refractivity contribution is 5.97. The summed E-state index contributed by atoms with van der Waals surface area (Å²) in [5, 5.41) is 0. The lowest BCUT2D eigenvalue weighted by Gasteiger charge is -2.35. The average Bonchev–Trinajstić information content (AvgIpc) is 2.74. The van der Waals surface area contributed by atoms with E-state index in [0.717, 1.165) is 11.3 Å². The van der Waals surface area contributed by atoms with Crippen LogP contribution < -0.4 is 4.74 Å². The van der Waals surface area contributed by atoms with Crippen molar-refractivity contribution in [1.82, 2.24) is 9.80 Å². The van der Waals surface area contributed by atoms with Crippen molar-refractivity contribution in [3.8, 4) is 5.75 Å². The van der Waals surface area contributed by atoms with Crippen molar-refractivity contribution in [2.75, 3.05) is 39.8 Å². The van der Waals surface area contributed by atoms with Crippen molar-refractivity contribution in [1.29, 1.82) is 0 Å². The van der Waals surface area contributed by atoms with E-state index in [-0.39, 0.29) is 23.4 Å². The molecule has 1 aliphatic rings. The van der Waals surface area contributed by atoms with Crippen LogP contribution in [-0.4, -0.2) is 61.3 Å². The number of hydrogen-bond donors (Lipinski definition) is 0. The van der Waals surface area contributed by atoms with Gasteiger partial charge in [-0.1, -0.05) is 19.1 Å². The number of benzene rings is 2. The minimum atomic E-state index is -0.271. The molecule has 0 aromatic heterocycles. The summed E-state index contributed by atoms with van der Waals surface area (Å²) in [5.41, 5.74) is 1.63. The molecule has 1 atom stereocenters. The molecule has 2 aromatic carbocycles. The molecule has 1 saturated heterocycles. The van der Waals surface area contributed by atoms with Gasteiger partial charge >= 0.3 is 0 Å². The second-order valence-electron chi connectivity index (χ2n) is 7.47. The molecule has 0 spiro atoms. The Hall–Kier alpha value is -2.73. The van der Waals surface area contributed by atoms with E-state index < -0.39 is 0 Å². The molecule has 1 aliphatic heterocycles. The molecule has 1 heterocycles. The van der Waals surface area contributed by atoms with Crippen molar-refractivity contribution in [3.05, 3.63) is 65.5 Å². The Kier molecular flexibility index (Phi) is 6.99. The fraction of sp³-hybridized carbons (Fsp3) is 0.391. The molecule has 0 bridgehead atoms. The number of nitrogens with zero attached hydrogens (tertiary/aromatic N) is 2. The first-order valence-corrected chi connectivity index (χ1v) is 9.89. The van der Waals surface area contributed by atoms with E-state index in [9.17, 15) is 14.0 Å². The van der Waals surface area contributed by atoms with Crippen molar-refractivity contribution in [2.45, 2.75) is 19.3 Å². The highest BCUT2D eigenvalue weighted by Gasteiger charge is 2.24. The van der Waals surface area contributed by atoms with Gasteiger partial charge in [-0.3, -0.25) is 14.5 Å². The van der Waals surface area contributed by atoms with Crippen LogP contribution in [0.1, 0.15) is 35.2 Å². The number of amides is 1. The lowest BCUT2D eigenvalue weighted by Crippen LogP contribution is -2.50. The van der Waals surface area contributed by atoms with E-state index in [1.165, 1.54) is 12.1 Å². The van der Waals surface area contributed by atoms with E-state index >= 15 is 0 Å². The molecule has 3 rings (SSSR count). The first kappa shape index (κ1) is 21.0. The van der Waals surface area contributed by atoms with Gasteiger partial charge in [0.25, 0.3) is 0 Å². The number of hydrogen-bond acceptors (Lipinski definition) is 4. The number of carbonyl (C=O) groups is 2. The van der Waals surface area contributed by atoms with Crippen LogP contribution in [0.3, 0.4) is 0 Å². The fourth-order valence-corrected chi connectivity index (χ4v) is 3.53. The summed E-state index contributed by atoms with van der Waals surface area (Å²) in [5.74, 6) is 0.661. The maximum Gasteiger partial charge on any atom is 0.223 e. The predicted octanol–water partition coefficient (Wildman–Crippen LogP) is 3.36. The third-order valence-corrected chi connectivity index (χ3v) is 5.42. The quantitative estimate of drug-likeness (QED) is 0.671. The Morgan fingerprint density at radius 2 is 1.62 bits per heavy atom. The van der Waals surface area contributed by atoms with E-state index in [4.69, 9.17) is 4.74 Å². The molecule has 1 fully saturated rings. The highest BCUT2D eigenvalue weighted by Crippen LogP contribution is 2.21. The summed E-state index contributed by atoms with van der Waals surface area (Å²) in [6.07, 6.45) is 0.399. The number of rotatable bonds is 7. The Balaban J connectivity index is 1.46. The average molecular weight is 398 g/mol. The Bertz CT molecular complexity index is 828. The third kappa shape index (κ3) is 5.64. The number of piperazine rings is 1. The summed E-state index contributed by atoms with van der Waals surface area (Å²) < 4.78 is 18.2. The monoisotopic (exact) mass is 398 g/mol. The Labute approximate surface area is 171 Å². The third-order valence-electron chi connectivity index (χ3n) is 5.42. The second-order valence-corrected chi connectivity index (χ2v) is 7.47. The standard InChI is InChI=1S/C23H27FN2O3/c1-17(18-3-7-20(24)8-4-18)15-23(28)26-13-11-25(12-14-26)16-22(27)19-5-9-21(29-2)10-6-19/h3-10,17H,11-16H2,1-2H3. The second kappa shape index (κ2) is 9.65. The van der Waals surface area contributed by atoms with Crippen LogP contribution in [0.15, 0.2) is 48.5 Å². The van der Waals surface area contributed by atoms with Gasteiger partial charge < -0.3 is 9.64 Å². The molecule has 2 aromatic rings. The number of halogens is 1. The Morgan fingerprint density at radius 3 is 2.21 bits per heavy atom. The Morgan fingerprint density at radius 1 is 1.00 bits per heavy atom. The smallest absolute Gasteiger partial charge is 0.223 e. The molecule has 5 nitrogen and oxygen atoms in total. The molecular formula is C23H27FN2O3. The van der Waals surface area contributed by atoms with Gasteiger partial charge in [-0.15, -0.1) is 0 Å². The summed E-state index contributed by atoms with van der Waals surface area (Å²) in [4.78, 5) is 29.0. The zero-order valence-electron chi connectivity index (χ0n) is 16.9. The number of ketones is 1. The van der Waals surface area contributed by atoms with Gasteiger partial charge in [0.2, 0.25) is 5.91 Å². The molecule has 0 N–H and O–H groups in total. The van der Waals surface area contributed by atoms with E-state index in [1.54, 1.807) is 43.5 Å². The molecule has 0 aliphatic carbocycles. The summed E-state index contributed by atoms with van der Waals surface area (Å²) >= 11 is 0. The predicted molar refractivity (Wildman–Crippen MR) is 110 cm³/mol. The van der Waals surface area contributed by atoms with E-state index in [1.807, 2.05) is 11.8 Å². The minimum absolute atomic E-state index is 0.0396. The molecule has 29 heavy (non-hydrogen) atoms. The largest absolute Gasteiger partial charge is 0.497 e. The van der Waals surface area contributed by atoms with Gasteiger partial charge in [0.05, 0.1) is 13.7 Å². The summed E-state index contributed by atoms with van der Waals surface area (Å²) in [6.45, 7) is 4.92. The van der Waals surface area contributed by atoms with Crippen molar-refractivity contribution in [2.24, 2.45) is 0 Å². The number of Topliss-reactive ketones (excluding diaryl/α,β-unsaturated/α-hetero) is 1. The first-order chi connectivity index (χ1) is 14.0.